The number of hydrogen-bond acceptors (Lipinski definition) is 4. The van der Waals surface area contributed by atoms with Gasteiger partial charge in [0.15, 0.2) is 0 Å². The molecule has 0 atom stereocenters. The Labute approximate surface area is 110 Å². The van der Waals surface area contributed by atoms with Gasteiger partial charge in [-0.25, -0.2) is 8.61 Å². The van der Waals surface area contributed by atoms with Crippen molar-refractivity contribution in [1.82, 2.24) is 8.61 Å². The molecule has 16 heavy (non-hydrogen) atoms. The zero-order valence-electron chi connectivity index (χ0n) is 11.7. The van der Waals surface area contributed by atoms with Crippen LogP contribution in [0.4, 0.5) is 0 Å². The predicted molar refractivity (Wildman–Crippen MR) is 79.4 cm³/mol. The average Bonchev–Trinajstić information content (AvgIpc) is 2.21. The molecule has 0 aliphatic carbocycles. The summed E-state index contributed by atoms with van der Waals surface area (Å²) in [5.74, 6) is 0. The molecule has 2 nitrogen and oxygen atoms in total. The summed E-state index contributed by atoms with van der Waals surface area (Å²) in [4.78, 5) is 0. The monoisotopic (exact) mass is 264 g/mol. The van der Waals surface area contributed by atoms with Gasteiger partial charge in [-0.1, -0.05) is 13.8 Å². The van der Waals surface area contributed by atoms with Crippen LogP contribution in [-0.4, -0.2) is 33.8 Å². The Morgan fingerprint density at radius 2 is 1.06 bits per heavy atom. The molecule has 4 heteroatoms. The first kappa shape index (κ1) is 16.6. The lowest BCUT2D eigenvalue weighted by Gasteiger charge is -2.29. The fourth-order valence-electron chi connectivity index (χ4n) is 1.29. The lowest BCUT2D eigenvalue weighted by molar-refractivity contribution is 0.391. The van der Waals surface area contributed by atoms with Gasteiger partial charge in [-0.3, -0.25) is 0 Å². The summed E-state index contributed by atoms with van der Waals surface area (Å²) >= 11 is 0. The van der Waals surface area contributed by atoms with Gasteiger partial charge in [-0.05, 0) is 40.5 Å². The normalized spacial score (nSPS) is 12.4. The van der Waals surface area contributed by atoms with E-state index >= 15 is 0 Å². The number of hydrogen-bond donors (Lipinski definition) is 0. The minimum Gasteiger partial charge on any atom is -0.238 e. The van der Waals surface area contributed by atoms with Crippen LogP contribution < -0.4 is 0 Å². The van der Waals surface area contributed by atoms with Gasteiger partial charge in [0.2, 0.25) is 0 Å². The van der Waals surface area contributed by atoms with Gasteiger partial charge < -0.3 is 0 Å². The first-order valence-electron chi connectivity index (χ1n) is 6.40. The third kappa shape index (κ3) is 7.05. The molecular formula is C12H28N2S2. The Morgan fingerprint density at radius 3 is 1.25 bits per heavy atom. The Morgan fingerprint density at radius 1 is 0.750 bits per heavy atom. The number of rotatable bonds is 9. The van der Waals surface area contributed by atoms with E-state index in [2.05, 4.69) is 50.2 Å². The quantitative estimate of drug-likeness (QED) is 0.448. The standard InChI is InChI=1S/C12H28N2S2/c1-7-9-13(11(3)4)15-16-14(10-8-2)12(5)6/h11-12H,7-10H2,1-6H3. The SMILES string of the molecule is CCCN(SSN(CCC)C(C)C)C(C)C. The molecule has 0 aromatic rings. The Balaban J connectivity index is 4.04. The molecule has 98 valence electrons. The van der Waals surface area contributed by atoms with Gasteiger partial charge in [0, 0.05) is 47.1 Å². The summed E-state index contributed by atoms with van der Waals surface area (Å²) in [6.45, 7) is 15.9. The zero-order chi connectivity index (χ0) is 12.6. The number of nitrogens with zero attached hydrogens (tertiary/aromatic N) is 2. The molecule has 0 spiro atoms. The second-order valence-corrected chi connectivity index (χ2v) is 6.75. The fraction of sp³-hybridized carbons (Fsp3) is 1.00. The maximum absolute atomic E-state index is 2.47. The molecule has 0 radical (unpaired) electrons. The van der Waals surface area contributed by atoms with Crippen LogP contribution in [0.2, 0.25) is 0 Å². The molecule has 0 saturated carbocycles. The summed E-state index contributed by atoms with van der Waals surface area (Å²) in [5, 5.41) is 0. The maximum Gasteiger partial charge on any atom is 0.0154 e. The van der Waals surface area contributed by atoms with Gasteiger partial charge >= 0.3 is 0 Å². The van der Waals surface area contributed by atoms with E-state index < -0.39 is 0 Å². The minimum atomic E-state index is 0.619. The zero-order valence-corrected chi connectivity index (χ0v) is 13.3. The smallest absolute Gasteiger partial charge is 0.0154 e. The second kappa shape index (κ2) is 9.63. The summed E-state index contributed by atoms with van der Waals surface area (Å²) < 4.78 is 4.94. The Kier molecular flexibility index (Phi) is 10.0. The maximum atomic E-state index is 2.47. The second-order valence-electron chi connectivity index (χ2n) is 4.62. The first-order valence-corrected chi connectivity index (χ1v) is 8.47. The van der Waals surface area contributed by atoms with Gasteiger partial charge in [0.25, 0.3) is 0 Å². The first-order chi connectivity index (χ1) is 7.52. The molecule has 0 N–H and O–H groups in total. The molecule has 0 fully saturated rings. The summed E-state index contributed by atoms with van der Waals surface area (Å²) in [6, 6.07) is 1.24. The van der Waals surface area contributed by atoms with E-state index in [9.17, 15) is 0 Å². The molecule has 0 rings (SSSR count). The molecule has 0 unspecified atom stereocenters. The third-order valence-electron chi connectivity index (χ3n) is 2.26. The predicted octanol–water partition coefficient (Wildman–Crippen LogP) is 4.44. The van der Waals surface area contributed by atoms with E-state index in [1.54, 1.807) is 0 Å². The molecule has 0 aliphatic heterocycles. The molecule has 0 aromatic heterocycles. The summed E-state index contributed by atoms with van der Waals surface area (Å²) in [7, 11) is 3.81. The molecule has 0 aliphatic rings. The summed E-state index contributed by atoms with van der Waals surface area (Å²) in [5.41, 5.74) is 0. The van der Waals surface area contributed by atoms with Crippen molar-refractivity contribution in [2.24, 2.45) is 0 Å². The largest absolute Gasteiger partial charge is 0.238 e. The lowest BCUT2D eigenvalue weighted by atomic mass is 10.4. The molecular weight excluding hydrogens is 236 g/mol. The minimum absolute atomic E-state index is 0.619. The van der Waals surface area contributed by atoms with Crippen molar-refractivity contribution in [3.05, 3.63) is 0 Å². The molecule has 0 aromatic carbocycles. The van der Waals surface area contributed by atoms with Crippen molar-refractivity contribution >= 4 is 22.0 Å². The molecule has 0 bridgehead atoms. The van der Waals surface area contributed by atoms with Crippen LogP contribution in [0.3, 0.4) is 0 Å². The van der Waals surface area contributed by atoms with E-state index in [-0.39, 0.29) is 0 Å². The highest BCUT2D eigenvalue weighted by molar-refractivity contribution is 8.74. The van der Waals surface area contributed by atoms with Crippen LogP contribution in [0.5, 0.6) is 0 Å². The summed E-state index contributed by atoms with van der Waals surface area (Å²) in [6.07, 6.45) is 2.45. The third-order valence-corrected chi connectivity index (χ3v) is 5.27. The van der Waals surface area contributed by atoms with Crippen molar-refractivity contribution in [1.29, 1.82) is 0 Å². The lowest BCUT2D eigenvalue weighted by Crippen LogP contribution is -2.28. The Hall–Kier alpha value is 0.620. The highest BCUT2D eigenvalue weighted by atomic mass is 33.1. The van der Waals surface area contributed by atoms with Crippen molar-refractivity contribution in [2.45, 2.75) is 66.5 Å². The van der Waals surface area contributed by atoms with E-state index in [1.807, 2.05) is 22.0 Å². The Bertz CT molecular complexity index is 145. The fourth-order valence-corrected chi connectivity index (χ4v) is 4.31. The van der Waals surface area contributed by atoms with Crippen LogP contribution in [0, 0.1) is 0 Å². The average molecular weight is 265 g/mol. The van der Waals surface area contributed by atoms with Crippen LogP contribution in [0.1, 0.15) is 54.4 Å². The molecule has 0 amide bonds. The van der Waals surface area contributed by atoms with Gasteiger partial charge in [0.1, 0.15) is 0 Å². The molecule has 0 saturated heterocycles. The van der Waals surface area contributed by atoms with Crippen molar-refractivity contribution in [2.75, 3.05) is 13.1 Å². The van der Waals surface area contributed by atoms with E-state index in [1.165, 1.54) is 25.9 Å². The van der Waals surface area contributed by atoms with Gasteiger partial charge in [-0.15, -0.1) is 0 Å². The highest BCUT2D eigenvalue weighted by Crippen LogP contribution is 2.32. The molecule has 0 heterocycles. The van der Waals surface area contributed by atoms with Crippen molar-refractivity contribution < 1.29 is 0 Å². The van der Waals surface area contributed by atoms with Crippen LogP contribution in [0.15, 0.2) is 0 Å². The van der Waals surface area contributed by atoms with E-state index in [0.717, 1.165) is 0 Å². The van der Waals surface area contributed by atoms with Gasteiger partial charge in [0.05, 0.1) is 0 Å². The van der Waals surface area contributed by atoms with Gasteiger partial charge in [-0.2, -0.15) is 0 Å². The van der Waals surface area contributed by atoms with E-state index in [4.69, 9.17) is 0 Å². The van der Waals surface area contributed by atoms with Crippen molar-refractivity contribution in [3.8, 4) is 0 Å². The van der Waals surface area contributed by atoms with Crippen LogP contribution in [0.25, 0.3) is 0 Å². The van der Waals surface area contributed by atoms with Crippen LogP contribution in [-0.2, 0) is 0 Å². The highest BCUT2D eigenvalue weighted by Gasteiger charge is 2.14. The van der Waals surface area contributed by atoms with Crippen molar-refractivity contribution in [3.63, 3.8) is 0 Å². The topological polar surface area (TPSA) is 6.48 Å². The van der Waals surface area contributed by atoms with Crippen LogP contribution >= 0.6 is 22.0 Å². The van der Waals surface area contributed by atoms with E-state index in [0.29, 0.717) is 12.1 Å².